The van der Waals surface area contributed by atoms with Gasteiger partial charge in [0.05, 0.1) is 18.6 Å². The van der Waals surface area contributed by atoms with E-state index >= 15 is 0 Å². The predicted octanol–water partition coefficient (Wildman–Crippen LogP) is 1.81. The summed E-state index contributed by atoms with van der Waals surface area (Å²) in [7, 11) is 0. The van der Waals surface area contributed by atoms with Crippen molar-refractivity contribution in [3.8, 4) is 0 Å². The maximum atomic E-state index is 12.4. The fourth-order valence-corrected chi connectivity index (χ4v) is 3.63. The lowest BCUT2D eigenvalue weighted by atomic mass is 9.96. The van der Waals surface area contributed by atoms with Crippen molar-refractivity contribution < 1.29 is 9.90 Å². The third kappa shape index (κ3) is 4.36. The van der Waals surface area contributed by atoms with Crippen molar-refractivity contribution in [1.82, 2.24) is 5.32 Å². The zero-order valence-electron chi connectivity index (χ0n) is 11.8. The van der Waals surface area contributed by atoms with E-state index in [2.05, 4.69) is 22.4 Å². The van der Waals surface area contributed by atoms with E-state index in [-0.39, 0.29) is 17.8 Å². The Labute approximate surface area is 134 Å². The van der Waals surface area contributed by atoms with Gasteiger partial charge in [0.15, 0.2) is 10.2 Å². The monoisotopic (exact) mass is 322 g/mol. The Morgan fingerprint density at radius 2 is 2.14 bits per heavy atom. The normalized spacial score (nSPS) is 21.6. The lowest BCUT2D eigenvalue weighted by Gasteiger charge is -2.29. The smallest absolute Gasteiger partial charge is 0.199 e. The number of carbonyl (C=O) groups is 1. The first-order valence-corrected chi connectivity index (χ1v) is 8.18. The molecule has 0 fully saturated rings. The number of hydrogen-bond acceptors (Lipinski definition) is 4. The van der Waals surface area contributed by atoms with Crippen molar-refractivity contribution >= 4 is 39.9 Å². The second kappa shape index (κ2) is 7.68. The number of aliphatic hydroxyl groups excluding tert-OH is 1. The Kier molecular flexibility index (Phi) is 5.90. The van der Waals surface area contributed by atoms with Crippen molar-refractivity contribution in [2.75, 3.05) is 12.4 Å². The molecule has 6 heteroatoms. The van der Waals surface area contributed by atoms with Gasteiger partial charge >= 0.3 is 0 Å². The topological polar surface area (TPSA) is 61.7 Å². The van der Waals surface area contributed by atoms with Gasteiger partial charge < -0.3 is 10.4 Å². The Morgan fingerprint density at radius 3 is 2.81 bits per heavy atom. The van der Waals surface area contributed by atoms with Gasteiger partial charge in [-0.3, -0.25) is 4.79 Å². The summed E-state index contributed by atoms with van der Waals surface area (Å²) in [4.78, 5) is 16.5. The van der Waals surface area contributed by atoms with Crippen LogP contribution in [-0.2, 0) is 11.2 Å². The number of thioether (sulfide) groups is 1. The van der Waals surface area contributed by atoms with Gasteiger partial charge in [0.2, 0.25) is 0 Å². The van der Waals surface area contributed by atoms with Crippen LogP contribution in [0.4, 0.5) is 0 Å². The maximum absolute atomic E-state index is 12.4. The van der Waals surface area contributed by atoms with Gasteiger partial charge in [0, 0.05) is 11.5 Å². The maximum Gasteiger partial charge on any atom is 0.199 e. The molecule has 1 heterocycles. The van der Waals surface area contributed by atoms with Gasteiger partial charge in [-0.05, 0) is 31.1 Å². The third-order valence-corrected chi connectivity index (χ3v) is 4.52. The molecule has 112 valence electrons. The lowest BCUT2D eigenvalue weighted by Crippen LogP contribution is -2.50. The highest BCUT2D eigenvalue weighted by Crippen LogP contribution is 2.21. The predicted molar refractivity (Wildman–Crippen MR) is 90.8 cm³/mol. The second-order valence-corrected chi connectivity index (χ2v) is 6.36. The van der Waals surface area contributed by atoms with E-state index in [9.17, 15) is 9.90 Å². The molecule has 2 rings (SSSR count). The fourth-order valence-electron chi connectivity index (χ4n) is 2.28. The SMILES string of the molecule is CC1=NC(=S)NC(CO)C1C(=O)SCCc1ccccc1. The number of aliphatic imine (C=N–C) groups is 1. The molecule has 2 atom stereocenters. The molecule has 0 aliphatic carbocycles. The summed E-state index contributed by atoms with van der Waals surface area (Å²) >= 11 is 6.28. The number of rotatable bonds is 5. The summed E-state index contributed by atoms with van der Waals surface area (Å²) < 4.78 is 0. The van der Waals surface area contributed by atoms with Crippen molar-refractivity contribution in [3.63, 3.8) is 0 Å². The quantitative estimate of drug-likeness (QED) is 0.810. The standard InChI is InChI=1S/C15H18N2O2S2/c1-10-13(12(9-18)17-15(20)16-10)14(19)21-8-7-11-5-3-2-4-6-11/h2-6,12-13,18H,7-9H2,1H3,(H,17,20). The summed E-state index contributed by atoms with van der Waals surface area (Å²) in [5.74, 6) is 0.303. The number of nitrogens with zero attached hydrogens (tertiary/aromatic N) is 1. The van der Waals surface area contributed by atoms with Gasteiger partial charge in [-0.15, -0.1) is 0 Å². The van der Waals surface area contributed by atoms with E-state index in [4.69, 9.17) is 12.2 Å². The average molecular weight is 322 g/mol. The van der Waals surface area contributed by atoms with E-state index in [1.165, 1.54) is 17.3 Å². The molecule has 1 aliphatic rings. The van der Waals surface area contributed by atoms with Crippen LogP contribution in [0, 0.1) is 5.92 Å². The molecule has 1 aromatic carbocycles. The molecule has 0 radical (unpaired) electrons. The van der Waals surface area contributed by atoms with Gasteiger partial charge in [-0.1, -0.05) is 42.1 Å². The van der Waals surface area contributed by atoms with Crippen LogP contribution < -0.4 is 5.32 Å². The third-order valence-electron chi connectivity index (χ3n) is 3.37. The van der Waals surface area contributed by atoms with Crippen LogP contribution in [0.25, 0.3) is 0 Å². The van der Waals surface area contributed by atoms with Gasteiger partial charge in [-0.25, -0.2) is 4.99 Å². The van der Waals surface area contributed by atoms with Crippen LogP contribution >= 0.6 is 24.0 Å². The molecule has 0 spiro atoms. The molecule has 0 saturated carbocycles. The first-order valence-electron chi connectivity index (χ1n) is 6.79. The fraction of sp³-hybridized carbons (Fsp3) is 0.400. The number of aryl methyl sites for hydroxylation is 1. The van der Waals surface area contributed by atoms with E-state index < -0.39 is 5.92 Å². The van der Waals surface area contributed by atoms with Crippen LogP contribution in [0.5, 0.6) is 0 Å². The summed E-state index contributed by atoms with van der Waals surface area (Å²) in [6.45, 7) is 1.65. The van der Waals surface area contributed by atoms with Gasteiger partial charge in [0.1, 0.15) is 0 Å². The molecule has 21 heavy (non-hydrogen) atoms. The molecule has 0 aromatic heterocycles. The highest BCUT2D eigenvalue weighted by atomic mass is 32.2. The van der Waals surface area contributed by atoms with Crippen LogP contribution in [-0.4, -0.2) is 39.4 Å². The molecule has 1 aliphatic heterocycles. The summed E-state index contributed by atoms with van der Waals surface area (Å²) in [5, 5.41) is 12.7. The van der Waals surface area contributed by atoms with Crippen molar-refractivity contribution in [3.05, 3.63) is 35.9 Å². The highest BCUT2D eigenvalue weighted by Gasteiger charge is 2.34. The molecule has 2 unspecified atom stereocenters. The van der Waals surface area contributed by atoms with Gasteiger partial charge in [-0.2, -0.15) is 0 Å². The van der Waals surface area contributed by atoms with E-state index in [1.54, 1.807) is 6.92 Å². The summed E-state index contributed by atoms with van der Waals surface area (Å²) in [6, 6.07) is 9.69. The van der Waals surface area contributed by atoms with Crippen LogP contribution in [0.3, 0.4) is 0 Å². The van der Waals surface area contributed by atoms with E-state index in [1.807, 2.05) is 18.2 Å². The highest BCUT2D eigenvalue weighted by molar-refractivity contribution is 8.13. The summed E-state index contributed by atoms with van der Waals surface area (Å²) in [5.41, 5.74) is 1.89. The molecule has 4 nitrogen and oxygen atoms in total. The van der Waals surface area contributed by atoms with Gasteiger partial charge in [0.25, 0.3) is 0 Å². The minimum absolute atomic E-state index is 0.0289. The Bertz CT molecular complexity index is 546. The second-order valence-electron chi connectivity index (χ2n) is 4.87. The molecule has 1 aromatic rings. The van der Waals surface area contributed by atoms with Crippen molar-refractivity contribution in [2.45, 2.75) is 19.4 Å². The largest absolute Gasteiger partial charge is 0.394 e. The minimum atomic E-state index is -0.414. The Morgan fingerprint density at radius 1 is 1.43 bits per heavy atom. The lowest BCUT2D eigenvalue weighted by molar-refractivity contribution is -0.113. The molecule has 2 N–H and O–H groups in total. The summed E-state index contributed by atoms with van der Waals surface area (Å²) in [6.07, 6.45) is 0.843. The minimum Gasteiger partial charge on any atom is -0.394 e. The number of nitrogens with one attached hydrogen (secondary N) is 1. The first kappa shape index (κ1) is 16.1. The Balaban J connectivity index is 1.92. The van der Waals surface area contributed by atoms with Crippen molar-refractivity contribution in [2.24, 2.45) is 10.9 Å². The molecule has 0 amide bonds. The number of aliphatic hydroxyl groups is 1. The molecule has 0 saturated heterocycles. The number of benzene rings is 1. The number of thiocarbonyl (C=S) groups is 1. The van der Waals surface area contributed by atoms with E-state index in [0.717, 1.165) is 12.2 Å². The zero-order valence-corrected chi connectivity index (χ0v) is 13.4. The number of carbonyl (C=O) groups excluding carboxylic acids is 1. The van der Waals surface area contributed by atoms with E-state index in [0.29, 0.717) is 10.8 Å². The average Bonchev–Trinajstić information content (AvgIpc) is 2.47. The first-order chi connectivity index (χ1) is 10.1. The zero-order chi connectivity index (χ0) is 15.2. The van der Waals surface area contributed by atoms with Crippen molar-refractivity contribution in [1.29, 1.82) is 0 Å². The number of hydrogen-bond donors (Lipinski definition) is 2. The molecular formula is C15H18N2O2S2. The molecule has 0 bridgehead atoms. The molecular weight excluding hydrogens is 304 g/mol. The van der Waals surface area contributed by atoms with Crippen LogP contribution in [0.15, 0.2) is 35.3 Å². The van der Waals surface area contributed by atoms with Crippen LogP contribution in [0.1, 0.15) is 12.5 Å². The van der Waals surface area contributed by atoms with Crippen LogP contribution in [0.2, 0.25) is 0 Å². The Hall–Kier alpha value is -1.24.